The van der Waals surface area contributed by atoms with Crippen LogP contribution in [0.15, 0.2) is 18.7 Å². The molecular formula is C17H33N2O2+. The van der Waals surface area contributed by atoms with Crippen molar-refractivity contribution in [1.82, 2.24) is 4.57 Å². The molecule has 0 fully saturated rings. The minimum absolute atomic E-state index is 0.380. The van der Waals surface area contributed by atoms with E-state index in [9.17, 15) is 0 Å². The highest BCUT2D eigenvalue weighted by molar-refractivity contribution is 4.66. The largest absolute Gasteiger partial charge is 0.378 e. The first kappa shape index (κ1) is 18.2. The second-order valence-corrected chi connectivity index (χ2v) is 5.78. The maximum Gasteiger partial charge on any atom is 0.243 e. The summed E-state index contributed by atoms with van der Waals surface area (Å²) in [5, 5.41) is 0. The molecule has 4 heteroatoms. The van der Waals surface area contributed by atoms with E-state index in [1.165, 1.54) is 0 Å². The molecule has 4 nitrogen and oxygen atoms in total. The summed E-state index contributed by atoms with van der Waals surface area (Å²) in [4.78, 5) is 0. The van der Waals surface area contributed by atoms with Gasteiger partial charge in [0, 0.05) is 12.8 Å². The van der Waals surface area contributed by atoms with Crippen molar-refractivity contribution in [3.05, 3.63) is 18.7 Å². The Morgan fingerprint density at radius 2 is 1.62 bits per heavy atom. The summed E-state index contributed by atoms with van der Waals surface area (Å²) in [6.07, 6.45) is 11.5. The molecule has 0 spiro atoms. The molecule has 0 aliphatic rings. The Hall–Kier alpha value is -0.870. The Labute approximate surface area is 130 Å². The molecule has 0 amide bonds. The van der Waals surface area contributed by atoms with Crippen LogP contribution in [0.4, 0.5) is 0 Å². The van der Waals surface area contributed by atoms with Crippen molar-refractivity contribution in [2.45, 2.75) is 78.7 Å². The lowest BCUT2D eigenvalue weighted by molar-refractivity contribution is -0.697. The minimum atomic E-state index is 0.380. The van der Waals surface area contributed by atoms with E-state index in [0.717, 1.165) is 52.0 Å². The standard InChI is InChI=1S/C17H33N2O2/c1-5-16(3)20-13-7-9-18-11-12-19(15-18)10-8-14-21-17(4)6-2/h11-12,15-17H,5-10,13-14H2,1-4H3/q+1. The van der Waals surface area contributed by atoms with Crippen molar-refractivity contribution >= 4 is 0 Å². The maximum absolute atomic E-state index is 5.70. The van der Waals surface area contributed by atoms with Gasteiger partial charge in [0.05, 0.1) is 38.5 Å². The number of aryl methyl sites for hydroxylation is 2. The maximum atomic E-state index is 5.70. The molecule has 1 aromatic heterocycles. The Balaban J connectivity index is 2.12. The van der Waals surface area contributed by atoms with E-state index in [0.29, 0.717) is 12.2 Å². The quantitative estimate of drug-likeness (QED) is 0.438. The predicted molar refractivity (Wildman–Crippen MR) is 85.3 cm³/mol. The average molecular weight is 297 g/mol. The lowest BCUT2D eigenvalue weighted by atomic mass is 10.3. The number of rotatable bonds is 12. The van der Waals surface area contributed by atoms with Crippen molar-refractivity contribution in [3.63, 3.8) is 0 Å². The van der Waals surface area contributed by atoms with E-state index in [2.05, 4.69) is 55.6 Å². The third-order valence-corrected chi connectivity index (χ3v) is 3.82. The Morgan fingerprint density at radius 3 is 2.24 bits per heavy atom. The van der Waals surface area contributed by atoms with Crippen LogP contribution in [-0.4, -0.2) is 30.0 Å². The Kier molecular flexibility index (Phi) is 9.35. The summed E-state index contributed by atoms with van der Waals surface area (Å²) < 4.78 is 15.9. The molecule has 0 aliphatic carbocycles. The van der Waals surface area contributed by atoms with E-state index in [1.807, 2.05) is 0 Å². The summed E-state index contributed by atoms with van der Waals surface area (Å²) in [5.74, 6) is 0. The Bertz CT molecular complexity index is 333. The molecule has 0 radical (unpaired) electrons. The van der Waals surface area contributed by atoms with Crippen LogP contribution in [0, 0.1) is 0 Å². The molecular weight excluding hydrogens is 264 g/mol. The number of aromatic nitrogens is 2. The van der Waals surface area contributed by atoms with Crippen molar-refractivity contribution in [1.29, 1.82) is 0 Å². The zero-order valence-electron chi connectivity index (χ0n) is 14.3. The van der Waals surface area contributed by atoms with Crippen LogP contribution >= 0.6 is 0 Å². The van der Waals surface area contributed by atoms with Gasteiger partial charge in [0.25, 0.3) is 0 Å². The van der Waals surface area contributed by atoms with Gasteiger partial charge in [-0.05, 0) is 26.7 Å². The SMILES string of the molecule is CCC(C)OCCCn1cc[n+](CCCOC(C)CC)c1. The van der Waals surface area contributed by atoms with Gasteiger partial charge >= 0.3 is 0 Å². The van der Waals surface area contributed by atoms with Gasteiger partial charge in [0.1, 0.15) is 12.4 Å². The summed E-state index contributed by atoms with van der Waals surface area (Å²) >= 11 is 0. The highest BCUT2D eigenvalue weighted by Crippen LogP contribution is 1.99. The highest BCUT2D eigenvalue weighted by Gasteiger charge is 2.05. The van der Waals surface area contributed by atoms with Crippen molar-refractivity contribution in [2.24, 2.45) is 0 Å². The monoisotopic (exact) mass is 297 g/mol. The average Bonchev–Trinajstić information content (AvgIpc) is 2.95. The molecule has 1 rings (SSSR count). The fraction of sp³-hybridized carbons (Fsp3) is 0.824. The van der Waals surface area contributed by atoms with Gasteiger partial charge in [-0.1, -0.05) is 13.8 Å². The highest BCUT2D eigenvalue weighted by atomic mass is 16.5. The van der Waals surface area contributed by atoms with Gasteiger partial charge in [-0.3, -0.25) is 0 Å². The normalized spacial score (nSPS) is 14.3. The molecule has 0 saturated heterocycles. The van der Waals surface area contributed by atoms with Crippen LogP contribution in [0.1, 0.15) is 53.4 Å². The zero-order chi connectivity index (χ0) is 15.5. The molecule has 2 atom stereocenters. The second-order valence-electron chi connectivity index (χ2n) is 5.78. The van der Waals surface area contributed by atoms with E-state index >= 15 is 0 Å². The van der Waals surface area contributed by atoms with Gasteiger partial charge in [-0.15, -0.1) is 0 Å². The van der Waals surface area contributed by atoms with Crippen molar-refractivity contribution < 1.29 is 14.0 Å². The summed E-state index contributed by atoms with van der Waals surface area (Å²) in [5.41, 5.74) is 0. The van der Waals surface area contributed by atoms with Crippen LogP contribution in [0.5, 0.6) is 0 Å². The lowest BCUT2D eigenvalue weighted by Gasteiger charge is -2.09. The molecule has 0 N–H and O–H groups in total. The van der Waals surface area contributed by atoms with Gasteiger partial charge in [-0.25, -0.2) is 9.13 Å². The van der Waals surface area contributed by atoms with Gasteiger partial charge < -0.3 is 9.47 Å². The van der Waals surface area contributed by atoms with Crippen LogP contribution in [0.2, 0.25) is 0 Å². The second kappa shape index (κ2) is 10.8. The minimum Gasteiger partial charge on any atom is -0.378 e. The Morgan fingerprint density at radius 1 is 1.00 bits per heavy atom. The van der Waals surface area contributed by atoms with E-state index in [4.69, 9.17) is 9.47 Å². The molecule has 21 heavy (non-hydrogen) atoms. The predicted octanol–water partition coefficient (Wildman–Crippen LogP) is 3.19. The molecule has 0 saturated carbocycles. The summed E-state index contributed by atoms with van der Waals surface area (Å²) in [6.45, 7) is 12.3. The number of hydrogen-bond donors (Lipinski definition) is 0. The number of hydrogen-bond acceptors (Lipinski definition) is 2. The molecule has 0 bridgehead atoms. The third kappa shape index (κ3) is 8.22. The van der Waals surface area contributed by atoms with Crippen LogP contribution in [-0.2, 0) is 22.6 Å². The first-order valence-corrected chi connectivity index (χ1v) is 8.43. The molecule has 1 heterocycles. The third-order valence-electron chi connectivity index (χ3n) is 3.82. The van der Waals surface area contributed by atoms with E-state index in [-0.39, 0.29) is 0 Å². The zero-order valence-corrected chi connectivity index (χ0v) is 14.3. The topological polar surface area (TPSA) is 27.3 Å². The number of imidazole rings is 1. The molecule has 122 valence electrons. The van der Waals surface area contributed by atoms with E-state index in [1.54, 1.807) is 0 Å². The van der Waals surface area contributed by atoms with Crippen LogP contribution < -0.4 is 4.57 Å². The molecule has 0 aliphatic heterocycles. The van der Waals surface area contributed by atoms with Crippen molar-refractivity contribution in [2.75, 3.05) is 13.2 Å². The molecule has 2 unspecified atom stereocenters. The molecule has 1 aromatic rings. The van der Waals surface area contributed by atoms with Gasteiger partial charge in [0.2, 0.25) is 6.33 Å². The fourth-order valence-corrected chi connectivity index (χ4v) is 2.00. The molecule has 0 aromatic carbocycles. The van der Waals surface area contributed by atoms with Crippen LogP contribution in [0.25, 0.3) is 0 Å². The fourth-order valence-electron chi connectivity index (χ4n) is 2.00. The van der Waals surface area contributed by atoms with Gasteiger partial charge in [-0.2, -0.15) is 0 Å². The summed E-state index contributed by atoms with van der Waals surface area (Å²) in [7, 11) is 0. The first-order chi connectivity index (χ1) is 10.2. The number of nitrogens with zero attached hydrogens (tertiary/aromatic N) is 2. The smallest absolute Gasteiger partial charge is 0.243 e. The number of ether oxygens (including phenoxy) is 2. The lowest BCUT2D eigenvalue weighted by Crippen LogP contribution is -2.32. The first-order valence-electron chi connectivity index (χ1n) is 8.43. The summed E-state index contributed by atoms with van der Waals surface area (Å²) in [6, 6.07) is 0. The van der Waals surface area contributed by atoms with Crippen LogP contribution in [0.3, 0.4) is 0 Å². The van der Waals surface area contributed by atoms with E-state index < -0.39 is 0 Å². The van der Waals surface area contributed by atoms with Crippen molar-refractivity contribution in [3.8, 4) is 0 Å². The van der Waals surface area contributed by atoms with Gasteiger partial charge in [0.15, 0.2) is 0 Å².